The number of nitrogens with one attached hydrogen (secondary N) is 1. The lowest BCUT2D eigenvalue weighted by Crippen LogP contribution is -2.45. The van der Waals surface area contributed by atoms with E-state index in [1.807, 2.05) is 4.90 Å². The van der Waals surface area contributed by atoms with E-state index in [9.17, 15) is 9.90 Å². The summed E-state index contributed by atoms with van der Waals surface area (Å²) < 4.78 is 0.774. The summed E-state index contributed by atoms with van der Waals surface area (Å²) >= 11 is 2.06. The van der Waals surface area contributed by atoms with Gasteiger partial charge in [-0.15, -0.1) is 0 Å². The van der Waals surface area contributed by atoms with Crippen LogP contribution in [-0.2, 0) is 0 Å². The average molecular weight is 400 g/mol. The van der Waals surface area contributed by atoms with Crippen molar-refractivity contribution in [2.75, 3.05) is 19.6 Å². The van der Waals surface area contributed by atoms with Crippen LogP contribution in [0.4, 0.5) is 0 Å². The lowest BCUT2D eigenvalue weighted by molar-refractivity contribution is 0.0650. The van der Waals surface area contributed by atoms with Crippen molar-refractivity contribution in [2.24, 2.45) is 5.92 Å². The fourth-order valence-electron chi connectivity index (χ4n) is 3.47. The molecule has 0 bridgehead atoms. The van der Waals surface area contributed by atoms with E-state index in [1.54, 1.807) is 18.2 Å². The Kier molecular flexibility index (Phi) is 4.69. The Morgan fingerprint density at radius 2 is 2.19 bits per heavy atom. The van der Waals surface area contributed by atoms with Crippen LogP contribution in [-0.4, -0.2) is 41.6 Å². The summed E-state index contributed by atoms with van der Waals surface area (Å²) in [7, 11) is 0. The predicted octanol–water partition coefficient (Wildman–Crippen LogP) is 2.60. The van der Waals surface area contributed by atoms with Gasteiger partial charge in [-0.05, 0) is 78.9 Å². The van der Waals surface area contributed by atoms with Gasteiger partial charge in [0.25, 0.3) is 5.91 Å². The summed E-state index contributed by atoms with van der Waals surface area (Å²) in [5.41, 5.74) is 0.591. The van der Waals surface area contributed by atoms with Crippen molar-refractivity contribution in [3.8, 4) is 5.75 Å². The molecule has 2 heterocycles. The summed E-state index contributed by atoms with van der Waals surface area (Å²) in [5.74, 6) is 0.805. The van der Waals surface area contributed by atoms with Crippen LogP contribution in [0.1, 0.15) is 36.0 Å². The molecule has 0 spiro atoms. The molecule has 3 rings (SSSR count). The van der Waals surface area contributed by atoms with Gasteiger partial charge in [0, 0.05) is 24.7 Å². The average Bonchev–Trinajstić information content (AvgIpc) is 3.04. The number of phenolic OH excluding ortho intramolecular Hbond substituents is 1. The number of hydrogen-bond donors (Lipinski definition) is 2. The van der Waals surface area contributed by atoms with Gasteiger partial charge < -0.3 is 15.3 Å². The van der Waals surface area contributed by atoms with Crippen molar-refractivity contribution >= 4 is 28.5 Å². The first kappa shape index (κ1) is 15.1. The van der Waals surface area contributed by atoms with Crippen molar-refractivity contribution in [3.63, 3.8) is 0 Å². The van der Waals surface area contributed by atoms with E-state index in [0.29, 0.717) is 17.5 Å². The number of likely N-dealkylation sites (tertiary alicyclic amines) is 1. The number of carbonyl (C=O) groups excluding carboxylic acids is 1. The van der Waals surface area contributed by atoms with Gasteiger partial charge >= 0.3 is 0 Å². The molecule has 2 unspecified atom stereocenters. The molecule has 2 saturated heterocycles. The first-order chi connectivity index (χ1) is 10.1. The standard InChI is InChI=1S/C16H21IN2O2/c17-13-6-5-11(9-15(13)20)16(21)19-8-2-3-12(10-19)14-4-1-7-18-14/h5-6,9,12,14,18,20H,1-4,7-8,10H2. The van der Waals surface area contributed by atoms with E-state index in [0.717, 1.165) is 29.6 Å². The maximum atomic E-state index is 12.6. The summed E-state index contributed by atoms with van der Waals surface area (Å²) in [4.78, 5) is 14.6. The summed E-state index contributed by atoms with van der Waals surface area (Å²) in [6, 6.07) is 5.76. The number of carbonyl (C=O) groups is 1. The maximum absolute atomic E-state index is 12.6. The Hall–Kier alpha value is -0.820. The zero-order chi connectivity index (χ0) is 14.8. The Morgan fingerprint density at radius 1 is 1.33 bits per heavy atom. The van der Waals surface area contributed by atoms with Gasteiger partial charge in [0.15, 0.2) is 0 Å². The number of nitrogens with zero attached hydrogens (tertiary/aromatic N) is 1. The van der Waals surface area contributed by atoms with E-state index >= 15 is 0 Å². The van der Waals surface area contributed by atoms with Gasteiger partial charge in [0.2, 0.25) is 0 Å². The second kappa shape index (κ2) is 6.52. The third kappa shape index (κ3) is 3.34. The SMILES string of the molecule is O=C(c1ccc(I)c(O)c1)N1CCCC(C2CCCN2)C1. The van der Waals surface area contributed by atoms with E-state index < -0.39 is 0 Å². The molecule has 0 aromatic heterocycles. The molecule has 1 amide bonds. The van der Waals surface area contributed by atoms with Crippen molar-refractivity contribution in [1.29, 1.82) is 0 Å². The number of halogens is 1. The Labute approximate surface area is 139 Å². The number of phenols is 1. The maximum Gasteiger partial charge on any atom is 0.253 e. The molecule has 2 aliphatic rings. The largest absolute Gasteiger partial charge is 0.507 e. The van der Waals surface area contributed by atoms with Crippen LogP contribution in [0.3, 0.4) is 0 Å². The molecular weight excluding hydrogens is 379 g/mol. The van der Waals surface area contributed by atoms with E-state index in [2.05, 4.69) is 27.9 Å². The highest BCUT2D eigenvalue weighted by atomic mass is 127. The second-order valence-corrected chi connectivity index (χ2v) is 7.18. The molecule has 0 saturated carbocycles. The summed E-state index contributed by atoms with van der Waals surface area (Å²) in [6.45, 7) is 2.78. The van der Waals surface area contributed by atoms with Crippen LogP contribution in [0.25, 0.3) is 0 Å². The van der Waals surface area contributed by atoms with Gasteiger partial charge in [-0.1, -0.05) is 0 Å². The normalized spacial score (nSPS) is 26.0. The Bertz CT molecular complexity index is 529. The van der Waals surface area contributed by atoms with Gasteiger partial charge in [0.05, 0.1) is 3.57 Å². The lowest BCUT2D eigenvalue weighted by Gasteiger charge is -2.36. The van der Waals surface area contributed by atoms with Crippen molar-refractivity contribution in [2.45, 2.75) is 31.7 Å². The van der Waals surface area contributed by atoms with E-state index in [4.69, 9.17) is 0 Å². The van der Waals surface area contributed by atoms with Crippen LogP contribution in [0.2, 0.25) is 0 Å². The van der Waals surface area contributed by atoms with Crippen LogP contribution in [0.15, 0.2) is 18.2 Å². The fourth-order valence-corrected chi connectivity index (χ4v) is 3.80. The second-order valence-electron chi connectivity index (χ2n) is 6.02. The highest BCUT2D eigenvalue weighted by Gasteiger charge is 2.31. The smallest absolute Gasteiger partial charge is 0.253 e. The third-order valence-corrected chi connectivity index (χ3v) is 5.52. The first-order valence-electron chi connectivity index (χ1n) is 7.66. The number of hydrogen-bond acceptors (Lipinski definition) is 3. The topological polar surface area (TPSA) is 52.6 Å². The van der Waals surface area contributed by atoms with Crippen LogP contribution < -0.4 is 5.32 Å². The molecule has 21 heavy (non-hydrogen) atoms. The molecule has 5 heteroatoms. The van der Waals surface area contributed by atoms with Gasteiger partial charge in [-0.2, -0.15) is 0 Å². The third-order valence-electron chi connectivity index (χ3n) is 4.61. The van der Waals surface area contributed by atoms with Gasteiger partial charge in [0.1, 0.15) is 5.75 Å². The minimum absolute atomic E-state index is 0.0457. The Morgan fingerprint density at radius 3 is 2.90 bits per heavy atom. The quantitative estimate of drug-likeness (QED) is 0.751. The van der Waals surface area contributed by atoms with Crippen LogP contribution in [0.5, 0.6) is 5.75 Å². The molecule has 1 aromatic rings. The van der Waals surface area contributed by atoms with Crippen LogP contribution in [0, 0.1) is 9.49 Å². The Balaban J connectivity index is 1.70. The van der Waals surface area contributed by atoms with Gasteiger partial charge in [-0.3, -0.25) is 4.79 Å². The number of rotatable bonds is 2. The molecular formula is C16H21IN2O2. The molecule has 2 N–H and O–H groups in total. The molecule has 2 fully saturated rings. The molecule has 4 nitrogen and oxygen atoms in total. The number of amides is 1. The zero-order valence-electron chi connectivity index (χ0n) is 12.0. The lowest BCUT2D eigenvalue weighted by atomic mass is 9.89. The molecule has 2 atom stereocenters. The van der Waals surface area contributed by atoms with Crippen molar-refractivity contribution in [1.82, 2.24) is 10.2 Å². The number of benzene rings is 1. The van der Waals surface area contributed by atoms with E-state index in [1.165, 1.54) is 19.3 Å². The highest BCUT2D eigenvalue weighted by molar-refractivity contribution is 14.1. The molecule has 2 aliphatic heterocycles. The highest BCUT2D eigenvalue weighted by Crippen LogP contribution is 2.27. The zero-order valence-corrected chi connectivity index (χ0v) is 14.2. The predicted molar refractivity (Wildman–Crippen MR) is 90.5 cm³/mol. The van der Waals surface area contributed by atoms with Gasteiger partial charge in [-0.25, -0.2) is 0 Å². The minimum Gasteiger partial charge on any atom is -0.507 e. The minimum atomic E-state index is 0.0457. The fraction of sp³-hybridized carbons (Fsp3) is 0.562. The van der Waals surface area contributed by atoms with E-state index in [-0.39, 0.29) is 11.7 Å². The molecule has 114 valence electrons. The monoisotopic (exact) mass is 400 g/mol. The molecule has 0 aliphatic carbocycles. The molecule has 0 radical (unpaired) electrons. The van der Waals surface area contributed by atoms with Crippen molar-refractivity contribution in [3.05, 3.63) is 27.3 Å². The number of piperidine rings is 1. The summed E-state index contributed by atoms with van der Waals surface area (Å²) in [6.07, 6.45) is 4.77. The first-order valence-corrected chi connectivity index (χ1v) is 8.74. The van der Waals surface area contributed by atoms with Crippen molar-refractivity contribution < 1.29 is 9.90 Å². The van der Waals surface area contributed by atoms with Crippen LogP contribution >= 0.6 is 22.6 Å². The molecule has 1 aromatic carbocycles. The summed E-state index contributed by atoms with van der Waals surface area (Å²) in [5, 5.41) is 13.3. The number of aromatic hydroxyl groups is 1.